The van der Waals surface area contributed by atoms with Crippen molar-refractivity contribution < 1.29 is 23.9 Å². The first-order chi connectivity index (χ1) is 18.4. The molecule has 0 spiro atoms. The van der Waals surface area contributed by atoms with E-state index in [2.05, 4.69) is 33.4 Å². The van der Waals surface area contributed by atoms with E-state index in [-0.39, 0.29) is 24.7 Å². The Bertz CT molecular complexity index is 1600. The molecule has 2 aliphatic rings. The Kier molecular flexibility index (Phi) is 6.20. The van der Waals surface area contributed by atoms with Gasteiger partial charge in [-0.2, -0.15) is 0 Å². The van der Waals surface area contributed by atoms with Gasteiger partial charge < -0.3 is 19.7 Å². The number of pyridine rings is 1. The third-order valence-corrected chi connectivity index (χ3v) is 6.36. The third-order valence-electron chi connectivity index (χ3n) is 6.36. The number of carbonyl (C=O) groups excluding carboxylic acids is 3. The molecule has 38 heavy (non-hydrogen) atoms. The molecule has 4 amide bonds. The molecule has 3 heterocycles. The highest BCUT2D eigenvalue weighted by molar-refractivity contribution is 6.10. The van der Waals surface area contributed by atoms with Crippen LogP contribution >= 0.6 is 0 Å². The molecule has 0 aliphatic carbocycles. The van der Waals surface area contributed by atoms with Crippen LogP contribution in [0.15, 0.2) is 54.6 Å². The Labute approximate surface area is 219 Å². The number of methoxy groups -OCH3 is 2. The molecule has 0 saturated carbocycles. The van der Waals surface area contributed by atoms with Crippen LogP contribution in [0.5, 0.6) is 11.5 Å². The van der Waals surface area contributed by atoms with Crippen molar-refractivity contribution >= 4 is 17.8 Å². The number of fused-ring (bicyclic) bond motifs is 1. The number of nitrogens with one attached hydrogen (secondary N) is 2. The number of aromatic nitrogens is 1. The Balaban J connectivity index is 1.51. The van der Waals surface area contributed by atoms with E-state index in [4.69, 9.17) is 15.9 Å². The quantitative estimate of drug-likeness (QED) is 0.406. The normalized spacial score (nSPS) is 17.6. The molecule has 188 valence electrons. The zero-order chi connectivity index (χ0) is 26.9. The minimum atomic E-state index is -1.69. The molecule has 1 atom stereocenters. The van der Waals surface area contributed by atoms with Crippen molar-refractivity contribution in [2.24, 2.45) is 0 Å². The Hall–Kier alpha value is -5.28. The fourth-order valence-corrected chi connectivity index (χ4v) is 4.41. The molecule has 2 aromatic carbocycles. The number of benzene rings is 2. The van der Waals surface area contributed by atoms with Gasteiger partial charge in [0.25, 0.3) is 11.8 Å². The average Bonchev–Trinajstić information content (AvgIpc) is 3.40. The van der Waals surface area contributed by atoms with E-state index in [0.29, 0.717) is 28.3 Å². The van der Waals surface area contributed by atoms with Crippen LogP contribution in [0.1, 0.15) is 27.2 Å². The predicted octanol–water partition coefficient (Wildman–Crippen LogP) is 2.33. The van der Waals surface area contributed by atoms with Gasteiger partial charge in [0.15, 0.2) is 11.4 Å². The Morgan fingerprint density at radius 3 is 2.63 bits per heavy atom. The van der Waals surface area contributed by atoms with Crippen LogP contribution < -0.4 is 20.1 Å². The maximum atomic E-state index is 13.1. The van der Waals surface area contributed by atoms with Gasteiger partial charge in [-0.3, -0.25) is 14.9 Å². The summed E-state index contributed by atoms with van der Waals surface area (Å²) in [7, 11) is 3.00. The molecule has 2 N–H and O–H groups in total. The summed E-state index contributed by atoms with van der Waals surface area (Å²) in [6, 6.07) is 15.3. The third kappa shape index (κ3) is 4.38. The minimum absolute atomic E-state index is 0.167. The zero-order valence-electron chi connectivity index (χ0n) is 20.6. The highest BCUT2D eigenvalue weighted by Gasteiger charge is 2.48. The van der Waals surface area contributed by atoms with Crippen molar-refractivity contribution in [3.05, 3.63) is 77.0 Å². The molecule has 2 aliphatic heterocycles. The molecule has 0 bridgehead atoms. The summed E-state index contributed by atoms with van der Waals surface area (Å²) in [5.74, 6) is 8.36. The predicted molar refractivity (Wildman–Crippen MR) is 138 cm³/mol. The van der Waals surface area contributed by atoms with Crippen LogP contribution in [0, 0.1) is 24.2 Å². The smallest absolute Gasteiger partial charge is 0.323 e. The van der Waals surface area contributed by atoms with E-state index in [0.717, 1.165) is 11.1 Å². The summed E-state index contributed by atoms with van der Waals surface area (Å²) >= 11 is 0. The van der Waals surface area contributed by atoms with E-state index in [1.54, 1.807) is 30.3 Å². The van der Waals surface area contributed by atoms with E-state index >= 15 is 0 Å². The lowest BCUT2D eigenvalue weighted by molar-refractivity contribution is -0.122. The van der Waals surface area contributed by atoms with Gasteiger partial charge in [0.1, 0.15) is 5.75 Å². The summed E-state index contributed by atoms with van der Waals surface area (Å²) < 4.78 is 10.7. The molecule has 3 aromatic rings. The topological polar surface area (TPSA) is 110 Å². The van der Waals surface area contributed by atoms with E-state index < -0.39 is 17.5 Å². The second-order valence-corrected chi connectivity index (χ2v) is 8.72. The van der Waals surface area contributed by atoms with Crippen molar-refractivity contribution in [2.45, 2.75) is 12.1 Å². The first-order valence-corrected chi connectivity index (χ1v) is 11.6. The molecular formula is C29H22N4O5. The first kappa shape index (κ1) is 24.4. The van der Waals surface area contributed by atoms with Gasteiger partial charge in [0, 0.05) is 23.2 Å². The number of hydrogen-bond donors (Lipinski definition) is 2. The molecule has 1 saturated heterocycles. The monoisotopic (exact) mass is 506 g/mol. The van der Waals surface area contributed by atoms with Crippen molar-refractivity contribution in [1.82, 2.24) is 20.5 Å². The second-order valence-electron chi connectivity index (χ2n) is 8.72. The zero-order valence-corrected chi connectivity index (χ0v) is 20.6. The van der Waals surface area contributed by atoms with Gasteiger partial charge in [-0.05, 0) is 47.9 Å². The number of ether oxygens (including phenoxy) is 2. The number of amides is 4. The van der Waals surface area contributed by atoms with Crippen LogP contribution in [-0.4, -0.2) is 54.0 Å². The lowest BCUT2D eigenvalue weighted by Gasteiger charge is -2.26. The van der Waals surface area contributed by atoms with Gasteiger partial charge in [0.05, 0.1) is 26.5 Å². The molecule has 0 radical (unpaired) electrons. The molecule has 5 rings (SSSR count). The second kappa shape index (κ2) is 9.64. The maximum Gasteiger partial charge on any atom is 0.323 e. The summed E-state index contributed by atoms with van der Waals surface area (Å²) in [5.41, 5.74) is 1.90. The van der Waals surface area contributed by atoms with E-state index in [9.17, 15) is 14.4 Å². The Morgan fingerprint density at radius 2 is 1.92 bits per heavy atom. The SMILES string of the molecule is C#Cc1cccc(-c2ccc(OC)c(C#C[C@]3(CN4Cc5ccc(OC)cc5C4=O)NC(=O)NC3=O)n2)c1. The average molecular weight is 507 g/mol. The van der Waals surface area contributed by atoms with Crippen molar-refractivity contribution in [3.8, 4) is 46.9 Å². The molecule has 0 unspecified atom stereocenters. The standard InChI is InChI=1S/C29H22N4O5/c1-4-18-6-5-7-19(14-18)23-10-11-25(38-3)24(30-23)12-13-29(27(35)31-28(36)32-29)17-33-16-20-8-9-21(37-2)15-22(20)26(33)34/h1,5-11,14-15H,16-17H2,2-3H3,(H2,31,32,35,36)/t29-/m1/s1. The fraction of sp³-hybridized carbons (Fsp3) is 0.172. The van der Waals surface area contributed by atoms with Gasteiger partial charge in [-0.1, -0.05) is 30.0 Å². The summed E-state index contributed by atoms with van der Waals surface area (Å²) in [5, 5.41) is 4.83. The highest BCUT2D eigenvalue weighted by atomic mass is 16.5. The summed E-state index contributed by atoms with van der Waals surface area (Å²) in [4.78, 5) is 44.4. The molecule has 9 heteroatoms. The van der Waals surface area contributed by atoms with Gasteiger partial charge in [-0.25, -0.2) is 9.78 Å². The fourth-order valence-electron chi connectivity index (χ4n) is 4.41. The number of nitrogens with zero attached hydrogens (tertiary/aromatic N) is 2. The van der Waals surface area contributed by atoms with Crippen molar-refractivity contribution in [2.75, 3.05) is 20.8 Å². The lowest BCUT2D eigenvalue weighted by atomic mass is 9.99. The summed E-state index contributed by atoms with van der Waals surface area (Å²) in [6.07, 6.45) is 5.53. The van der Waals surface area contributed by atoms with Crippen molar-refractivity contribution in [3.63, 3.8) is 0 Å². The van der Waals surface area contributed by atoms with Crippen LogP contribution in [0.4, 0.5) is 4.79 Å². The van der Waals surface area contributed by atoms with Crippen LogP contribution in [0.2, 0.25) is 0 Å². The van der Waals surface area contributed by atoms with E-state index in [1.165, 1.54) is 19.1 Å². The van der Waals surface area contributed by atoms with E-state index in [1.807, 2.05) is 24.3 Å². The number of urea groups is 1. The van der Waals surface area contributed by atoms with Gasteiger partial charge in [0.2, 0.25) is 5.54 Å². The van der Waals surface area contributed by atoms with Crippen molar-refractivity contribution in [1.29, 1.82) is 0 Å². The Morgan fingerprint density at radius 1 is 1.08 bits per heavy atom. The van der Waals surface area contributed by atoms with Gasteiger partial charge in [-0.15, -0.1) is 6.42 Å². The molecular weight excluding hydrogens is 484 g/mol. The number of rotatable bonds is 5. The lowest BCUT2D eigenvalue weighted by Crippen LogP contribution is -2.54. The number of hydrogen-bond acceptors (Lipinski definition) is 6. The largest absolute Gasteiger partial charge is 0.497 e. The molecule has 1 fully saturated rings. The molecule has 9 nitrogen and oxygen atoms in total. The number of carbonyl (C=O) groups is 3. The highest BCUT2D eigenvalue weighted by Crippen LogP contribution is 2.29. The number of terminal acetylenes is 1. The van der Waals surface area contributed by atoms with Gasteiger partial charge >= 0.3 is 6.03 Å². The van der Waals surface area contributed by atoms with Crippen LogP contribution in [0.3, 0.4) is 0 Å². The minimum Gasteiger partial charge on any atom is -0.497 e. The number of imide groups is 1. The maximum absolute atomic E-state index is 13.1. The summed E-state index contributed by atoms with van der Waals surface area (Å²) in [6.45, 7) is 0.0902. The van der Waals surface area contributed by atoms with Crippen LogP contribution in [0.25, 0.3) is 11.3 Å². The first-order valence-electron chi connectivity index (χ1n) is 11.6. The van der Waals surface area contributed by atoms with Crippen LogP contribution in [-0.2, 0) is 11.3 Å². The molecule has 1 aromatic heterocycles.